The number of likely N-dealkylation sites (tertiary alicyclic amines) is 1. The van der Waals surface area contributed by atoms with E-state index >= 15 is 0 Å². The summed E-state index contributed by atoms with van der Waals surface area (Å²) in [7, 11) is 0. The molecule has 1 fully saturated rings. The van der Waals surface area contributed by atoms with Gasteiger partial charge in [-0.2, -0.15) is 0 Å². The van der Waals surface area contributed by atoms with Crippen LogP contribution in [0.1, 0.15) is 41.0 Å². The number of aryl methyl sites for hydroxylation is 2. The number of nitrogens with one attached hydrogen (secondary N) is 2. The lowest BCUT2D eigenvalue weighted by molar-refractivity contribution is -0.117. The highest BCUT2D eigenvalue weighted by atomic mass is 16.2. The zero-order chi connectivity index (χ0) is 19.2. The van der Waals surface area contributed by atoms with Crippen molar-refractivity contribution < 1.29 is 9.59 Å². The van der Waals surface area contributed by atoms with Gasteiger partial charge in [-0.3, -0.25) is 14.5 Å². The number of amides is 2. The van der Waals surface area contributed by atoms with E-state index in [1.807, 2.05) is 0 Å². The van der Waals surface area contributed by atoms with E-state index in [1.54, 1.807) is 38.1 Å². The van der Waals surface area contributed by atoms with Gasteiger partial charge >= 0.3 is 0 Å². The van der Waals surface area contributed by atoms with Crippen LogP contribution in [0.3, 0.4) is 0 Å². The van der Waals surface area contributed by atoms with Crippen LogP contribution in [0.2, 0.25) is 0 Å². The molecule has 7 heteroatoms. The van der Waals surface area contributed by atoms with Gasteiger partial charge in [-0.15, -0.1) is 0 Å². The van der Waals surface area contributed by atoms with Crippen molar-refractivity contribution in [3.8, 4) is 0 Å². The van der Waals surface area contributed by atoms with Gasteiger partial charge in [0.1, 0.15) is 6.33 Å². The second-order valence-electron chi connectivity index (χ2n) is 6.84. The Kier molecular flexibility index (Phi) is 6.13. The summed E-state index contributed by atoms with van der Waals surface area (Å²) in [4.78, 5) is 35.0. The van der Waals surface area contributed by atoms with Gasteiger partial charge in [-0.05, 0) is 64.0 Å². The first-order valence-corrected chi connectivity index (χ1v) is 9.25. The Bertz CT molecular complexity index is 793. The molecule has 0 spiro atoms. The van der Waals surface area contributed by atoms with Gasteiger partial charge in [-0.25, -0.2) is 9.97 Å². The Balaban J connectivity index is 1.57. The zero-order valence-electron chi connectivity index (χ0n) is 15.8. The van der Waals surface area contributed by atoms with Gasteiger partial charge in [0, 0.05) is 11.4 Å². The molecule has 27 heavy (non-hydrogen) atoms. The van der Waals surface area contributed by atoms with Crippen LogP contribution in [0.4, 0.5) is 11.4 Å². The summed E-state index contributed by atoms with van der Waals surface area (Å²) in [6.07, 6.45) is 5.02. The fourth-order valence-corrected chi connectivity index (χ4v) is 3.27. The quantitative estimate of drug-likeness (QED) is 0.848. The molecule has 2 amide bonds. The predicted octanol–water partition coefficient (Wildman–Crippen LogP) is 2.77. The van der Waals surface area contributed by atoms with E-state index in [-0.39, 0.29) is 11.8 Å². The van der Waals surface area contributed by atoms with E-state index in [1.165, 1.54) is 12.7 Å². The molecule has 0 bridgehead atoms. The number of benzene rings is 1. The number of carbonyl (C=O) groups excluding carboxylic acids is 2. The molecule has 1 aliphatic heterocycles. The van der Waals surface area contributed by atoms with Crippen molar-refractivity contribution in [2.24, 2.45) is 0 Å². The van der Waals surface area contributed by atoms with Gasteiger partial charge in [0.05, 0.1) is 23.5 Å². The van der Waals surface area contributed by atoms with Gasteiger partial charge in [-0.1, -0.05) is 6.42 Å². The number of hydrogen-bond donors (Lipinski definition) is 2. The Morgan fingerprint density at radius 1 is 0.926 bits per heavy atom. The molecule has 7 nitrogen and oxygen atoms in total. The molecule has 0 saturated carbocycles. The van der Waals surface area contributed by atoms with Crippen molar-refractivity contribution in [3.63, 3.8) is 0 Å². The lowest BCUT2D eigenvalue weighted by atomic mass is 10.1. The van der Waals surface area contributed by atoms with E-state index in [2.05, 4.69) is 25.5 Å². The molecular formula is C20H25N5O2. The van der Waals surface area contributed by atoms with Crippen LogP contribution in [0.5, 0.6) is 0 Å². The van der Waals surface area contributed by atoms with Crippen molar-refractivity contribution in [3.05, 3.63) is 47.5 Å². The van der Waals surface area contributed by atoms with Crippen LogP contribution in [0.25, 0.3) is 0 Å². The maximum absolute atomic E-state index is 12.5. The van der Waals surface area contributed by atoms with Gasteiger partial charge in [0.15, 0.2) is 0 Å². The molecule has 2 heterocycles. The van der Waals surface area contributed by atoms with Crippen molar-refractivity contribution in [1.29, 1.82) is 0 Å². The summed E-state index contributed by atoms with van der Waals surface area (Å²) < 4.78 is 0. The molecule has 1 saturated heterocycles. The van der Waals surface area contributed by atoms with Crippen molar-refractivity contribution in [2.75, 3.05) is 30.3 Å². The minimum Gasteiger partial charge on any atom is -0.325 e. The molecule has 0 unspecified atom stereocenters. The minimum atomic E-state index is -0.243. The van der Waals surface area contributed by atoms with E-state index in [0.717, 1.165) is 25.9 Å². The number of anilines is 2. The van der Waals surface area contributed by atoms with Crippen LogP contribution in [-0.2, 0) is 4.79 Å². The van der Waals surface area contributed by atoms with Crippen LogP contribution < -0.4 is 10.6 Å². The maximum Gasteiger partial charge on any atom is 0.259 e. The first-order chi connectivity index (χ1) is 13.0. The highest BCUT2D eigenvalue weighted by Crippen LogP contribution is 2.17. The first kappa shape index (κ1) is 19.0. The third-order valence-electron chi connectivity index (χ3n) is 4.70. The third-order valence-corrected chi connectivity index (χ3v) is 4.70. The fraction of sp³-hybridized carbons (Fsp3) is 0.400. The number of nitrogens with zero attached hydrogens (tertiary/aromatic N) is 3. The highest BCUT2D eigenvalue weighted by molar-refractivity contribution is 6.05. The van der Waals surface area contributed by atoms with Crippen LogP contribution in [0, 0.1) is 13.8 Å². The summed E-state index contributed by atoms with van der Waals surface area (Å²) >= 11 is 0. The monoisotopic (exact) mass is 367 g/mol. The van der Waals surface area contributed by atoms with Gasteiger partial charge < -0.3 is 10.6 Å². The number of carbonyl (C=O) groups is 2. The summed E-state index contributed by atoms with van der Waals surface area (Å²) in [6.45, 7) is 5.96. The standard InChI is InChI=1S/C20H25N5O2/c1-14-19(15(2)22-13-21-14)20(27)24-17-8-6-16(7-9-17)23-18(26)12-25-10-4-3-5-11-25/h6-9,13H,3-5,10-12H2,1-2H3,(H,23,26)(H,24,27). The molecule has 2 aromatic rings. The average molecular weight is 367 g/mol. The van der Waals surface area contributed by atoms with E-state index in [4.69, 9.17) is 0 Å². The highest BCUT2D eigenvalue weighted by Gasteiger charge is 2.15. The Morgan fingerprint density at radius 3 is 2.07 bits per heavy atom. The number of hydrogen-bond acceptors (Lipinski definition) is 5. The Morgan fingerprint density at radius 2 is 1.48 bits per heavy atom. The SMILES string of the molecule is Cc1ncnc(C)c1C(=O)Nc1ccc(NC(=O)CN2CCCCC2)cc1. The maximum atomic E-state index is 12.5. The molecule has 3 rings (SSSR count). The lowest BCUT2D eigenvalue weighted by Gasteiger charge is -2.25. The Hall–Kier alpha value is -2.80. The van der Waals surface area contributed by atoms with Crippen LogP contribution >= 0.6 is 0 Å². The first-order valence-electron chi connectivity index (χ1n) is 9.25. The smallest absolute Gasteiger partial charge is 0.259 e. The molecule has 1 aromatic carbocycles. The predicted molar refractivity (Wildman–Crippen MR) is 105 cm³/mol. The molecule has 0 aliphatic carbocycles. The van der Waals surface area contributed by atoms with Crippen molar-refractivity contribution in [2.45, 2.75) is 33.1 Å². The molecule has 2 N–H and O–H groups in total. The summed E-state index contributed by atoms with van der Waals surface area (Å²) in [6, 6.07) is 7.10. The summed E-state index contributed by atoms with van der Waals surface area (Å²) in [5, 5.41) is 5.75. The minimum absolute atomic E-state index is 0.0126. The van der Waals surface area contributed by atoms with Crippen molar-refractivity contribution >= 4 is 23.2 Å². The largest absolute Gasteiger partial charge is 0.325 e. The van der Waals surface area contributed by atoms with Gasteiger partial charge in [0.2, 0.25) is 5.91 Å². The van der Waals surface area contributed by atoms with Crippen LogP contribution in [0.15, 0.2) is 30.6 Å². The van der Waals surface area contributed by atoms with E-state index in [0.29, 0.717) is 34.9 Å². The Labute approximate surface area is 159 Å². The summed E-state index contributed by atoms with van der Waals surface area (Å²) in [5.41, 5.74) is 3.13. The molecular weight excluding hydrogens is 342 g/mol. The number of aromatic nitrogens is 2. The average Bonchev–Trinajstić information content (AvgIpc) is 2.64. The van der Waals surface area contributed by atoms with Crippen LogP contribution in [-0.4, -0.2) is 46.3 Å². The zero-order valence-corrected chi connectivity index (χ0v) is 15.8. The second kappa shape index (κ2) is 8.73. The topological polar surface area (TPSA) is 87.2 Å². The molecule has 1 aromatic heterocycles. The van der Waals surface area contributed by atoms with E-state index < -0.39 is 0 Å². The molecule has 1 aliphatic rings. The summed E-state index contributed by atoms with van der Waals surface area (Å²) in [5.74, 6) is -0.256. The van der Waals surface area contributed by atoms with Gasteiger partial charge in [0.25, 0.3) is 5.91 Å². The van der Waals surface area contributed by atoms with Crippen molar-refractivity contribution in [1.82, 2.24) is 14.9 Å². The normalized spacial score (nSPS) is 14.6. The molecule has 0 atom stereocenters. The number of rotatable bonds is 5. The molecule has 142 valence electrons. The lowest BCUT2D eigenvalue weighted by Crippen LogP contribution is -2.36. The second-order valence-corrected chi connectivity index (χ2v) is 6.84. The fourth-order valence-electron chi connectivity index (χ4n) is 3.27. The van der Waals surface area contributed by atoms with E-state index in [9.17, 15) is 9.59 Å². The molecule has 0 radical (unpaired) electrons. The third kappa shape index (κ3) is 5.10. The number of piperidine rings is 1.